The van der Waals surface area contributed by atoms with Gasteiger partial charge >= 0.3 is 6.03 Å². The lowest BCUT2D eigenvalue weighted by atomic mass is 10.1. The molecule has 26 heavy (non-hydrogen) atoms. The number of rotatable bonds is 4. The fraction of sp³-hybridized carbons (Fsp3) is 0.421. The monoisotopic (exact) mass is 356 g/mol. The topological polar surface area (TPSA) is 69.9 Å². The Kier molecular flexibility index (Phi) is 5.55. The van der Waals surface area contributed by atoms with E-state index in [0.717, 1.165) is 5.56 Å². The standard InChI is InChI=1S/C19H24N4O3/c1-3-21(4-2)19(25)23-12-10-22(11-13-23)18(24)17-14-16(20-26-17)15-8-6-5-7-9-15/h5-9,14H,3-4,10-13H2,1-2H3. The van der Waals surface area contributed by atoms with Gasteiger partial charge in [0.05, 0.1) is 0 Å². The molecule has 1 aliphatic heterocycles. The molecule has 2 aromatic rings. The van der Waals surface area contributed by atoms with Crippen LogP contribution in [0.15, 0.2) is 40.9 Å². The van der Waals surface area contributed by atoms with Gasteiger partial charge in [-0.15, -0.1) is 0 Å². The second-order valence-corrected chi connectivity index (χ2v) is 6.18. The van der Waals surface area contributed by atoms with E-state index in [9.17, 15) is 9.59 Å². The van der Waals surface area contributed by atoms with Crippen LogP contribution in [0.4, 0.5) is 4.79 Å². The molecule has 138 valence electrons. The molecular weight excluding hydrogens is 332 g/mol. The van der Waals surface area contributed by atoms with Crippen LogP contribution in [-0.2, 0) is 0 Å². The molecule has 7 heteroatoms. The Morgan fingerprint density at radius 1 is 1.04 bits per heavy atom. The number of amides is 3. The van der Waals surface area contributed by atoms with Crippen molar-refractivity contribution < 1.29 is 14.1 Å². The number of nitrogens with zero attached hydrogens (tertiary/aromatic N) is 4. The maximum Gasteiger partial charge on any atom is 0.320 e. The largest absolute Gasteiger partial charge is 0.350 e. The Labute approximate surface area is 153 Å². The molecule has 7 nitrogen and oxygen atoms in total. The lowest BCUT2D eigenvalue weighted by Gasteiger charge is -2.36. The molecular formula is C19H24N4O3. The normalized spacial score (nSPS) is 14.4. The summed E-state index contributed by atoms with van der Waals surface area (Å²) in [5, 5.41) is 4.00. The summed E-state index contributed by atoms with van der Waals surface area (Å²) in [6.07, 6.45) is 0. The quantitative estimate of drug-likeness (QED) is 0.844. The predicted molar refractivity (Wildman–Crippen MR) is 97.7 cm³/mol. The SMILES string of the molecule is CCN(CC)C(=O)N1CCN(C(=O)c2cc(-c3ccccc3)no2)CC1. The fourth-order valence-corrected chi connectivity index (χ4v) is 3.07. The van der Waals surface area contributed by atoms with Crippen LogP contribution in [0.1, 0.15) is 24.4 Å². The second kappa shape index (κ2) is 8.03. The Bertz CT molecular complexity index is 747. The first-order valence-corrected chi connectivity index (χ1v) is 8.99. The molecule has 0 unspecified atom stereocenters. The van der Waals surface area contributed by atoms with E-state index in [-0.39, 0.29) is 17.7 Å². The van der Waals surface area contributed by atoms with Gasteiger partial charge in [-0.25, -0.2) is 4.79 Å². The predicted octanol–water partition coefficient (Wildman–Crippen LogP) is 2.56. The van der Waals surface area contributed by atoms with Gasteiger partial charge in [-0.3, -0.25) is 4.79 Å². The molecule has 0 atom stereocenters. The minimum Gasteiger partial charge on any atom is -0.350 e. The Morgan fingerprint density at radius 2 is 1.65 bits per heavy atom. The van der Waals surface area contributed by atoms with Crippen molar-refractivity contribution in [1.29, 1.82) is 0 Å². The number of hydrogen-bond donors (Lipinski definition) is 0. The zero-order valence-corrected chi connectivity index (χ0v) is 15.2. The van der Waals surface area contributed by atoms with Crippen LogP contribution in [0, 0.1) is 0 Å². The van der Waals surface area contributed by atoms with E-state index in [1.54, 1.807) is 20.8 Å². The third kappa shape index (κ3) is 3.71. The van der Waals surface area contributed by atoms with Gasteiger partial charge in [0.25, 0.3) is 5.91 Å². The molecule has 0 radical (unpaired) electrons. The Hall–Kier alpha value is -2.83. The molecule has 1 aromatic heterocycles. The molecule has 1 aliphatic rings. The third-order valence-corrected chi connectivity index (χ3v) is 4.66. The Balaban J connectivity index is 1.61. The first kappa shape index (κ1) is 18.0. The molecule has 3 rings (SSSR count). The van der Waals surface area contributed by atoms with Crippen molar-refractivity contribution in [3.05, 3.63) is 42.2 Å². The minimum absolute atomic E-state index is 0.0353. The molecule has 1 saturated heterocycles. The minimum atomic E-state index is -0.186. The van der Waals surface area contributed by atoms with Crippen molar-refractivity contribution in [1.82, 2.24) is 19.9 Å². The lowest BCUT2D eigenvalue weighted by molar-refractivity contribution is 0.0603. The van der Waals surface area contributed by atoms with Crippen LogP contribution in [-0.4, -0.2) is 71.1 Å². The number of hydrogen-bond acceptors (Lipinski definition) is 4. The van der Waals surface area contributed by atoms with E-state index in [1.165, 1.54) is 0 Å². The number of benzene rings is 1. The van der Waals surface area contributed by atoms with Crippen LogP contribution < -0.4 is 0 Å². The smallest absolute Gasteiger partial charge is 0.320 e. The first-order valence-electron chi connectivity index (χ1n) is 8.99. The highest BCUT2D eigenvalue weighted by molar-refractivity contribution is 5.92. The van der Waals surface area contributed by atoms with Crippen LogP contribution in [0.3, 0.4) is 0 Å². The Morgan fingerprint density at radius 3 is 2.27 bits per heavy atom. The van der Waals surface area contributed by atoms with Crippen LogP contribution in [0.5, 0.6) is 0 Å². The molecule has 0 saturated carbocycles. The number of piperazine rings is 1. The van der Waals surface area contributed by atoms with Gasteiger partial charge in [-0.05, 0) is 13.8 Å². The molecule has 1 aromatic carbocycles. The van der Waals surface area contributed by atoms with Crippen molar-refractivity contribution in [2.24, 2.45) is 0 Å². The average molecular weight is 356 g/mol. The van der Waals surface area contributed by atoms with Crippen molar-refractivity contribution in [3.63, 3.8) is 0 Å². The van der Waals surface area contributed by atoms with Gasteiger partial charge in [0, 0.05) is 50.9 Å². The van der Waals surface area contributed by atoms with Crippen LogP contribution >= 0.6 is 0 Å². The maximum atomic E-state index is 12.6. The lowest BCUT2D eigenvalue weighted by Crippen LogP contribution is -2.54. The highest BCUT2D eigenvalue weighted by atomic mass is 16.5. The van der Waals surface area contributed by atoms with Gasteiger partial charge in [-0.2, -0.15) is 0 Å². The zero-order valence-electron chi connectivity index (χ0n) is 15.2. The molecule has 2 heterocycles. The van der Waals surface area contributed by atoms with E-state index in [2.05, 4.69) is 5.16 Å². The summed E-state index contributed by atoms with van der Waals surface area (Å²) in [4.78, 5) is 30.3. The van der Waals surface area contributed by atoms with Crippen molar-refractivity contribution in [2.45, 2.75) is 13.8 Å². The van der Waals surface area contributed by atoms with Gasteiger partial charge in [0.15, 0.2) is 0 Å². The molecule has 0 N–H and O–H groups in total. The summed E-state index contributed by atoms with van der Waals surface area (Å²) in [6, 6.07) is 11.3. The summed E-state index contributed by atoms with van der Waals surface area (Å²) < 4.78 is 5.25. The maximum absolute atomic E-state index is 12.6. The molecule has 1 fully saturated rings. The van der Waals surface area contributed by atoms with E-state index >= 15 is 0 Å². The van der Waals surface area contributed by atoms with Gasteiger partial charge in [-0.1, -0.05) is 35.5 Å². The van der Waals surface area contributed by atoms with Crippen molar-refractivity contribution in [3.8, 4) is 11.3 Å². The third-order valence-electron chi connectivity index (χ3n) is 4.66. The number of urea groups is 1. The van der Waals surface area contributed by atoms with Crippen molar-refractivity contribution >= 4 is 11.9 Å². The first-order chi connectivity index (χ1) is 12.6. The summed E-state index contributed by atoms with van der Waals surface area (Å²) in [5.74, 6) is 0.0435. The number of carbonyl (C=O) groups excluding carboxylic acids is 2. The van der Waals surface area contributed by atoms with Gasteiger partial charge in [0.1, 0.15) is 5.69 Å². The molecule has 0 bridgehead atoms. The molecule has 0 spiro atoms. The fourth-order valence-electron chi connectivity index (χ4n) is 3.07. The van der Waals surface area contributed by atoms with Crippen LogP contribution in [0.25, 0.3) is 11.3 Å². The average Bonchev–Trinajstić information content (AvgIpc) is 3.19. The summed E-state index contributed by atoms with van der Waals surface area (Å²) in [6.45, 7) is 7.36. The summed E-state index contributed by atoms with van der Waals surface area (Å²) in [7, 11) is 0. The summed E-state index contributed by atoms with van der Waals surface area (Å²) in [5.41, 5.74) is 1.55. The molecule has 3 amide bonds. The summed E-state index contributed by atoms with van der Waals surface area (Å²) >= 11 is 0. The van der Waals surface area contributed by atoms with Gasteiger partial charge in [0.2, 0.25) is 5.76 Å². The highest BCUT2D eigenvalue weighted by Gasteiger charge is 2.28. The van der Waals surface area contributed by atoms with Crippen molar-refractivity contribution in [2.75, 3.05) is 39.3 Å². The zero-order chi connectivity index (χ0) is 18.5. The highest BCUT2D eigenvalue weighted by Crippen LogP contribution is 2.20. The number of carbonyl (C=O) groups is 2. The van der Waals surface area contributed by atoms with E-state index in [4.69, 9.17) is 4.52 Å². The molecule has 0 aliphatic carbocycles. The van der Waals surface area contributed by atoms with Gasteiger partial charge < -0.3 is 19.2 Å². The van der Waals surface area contributed by atoms with E-state index in [1.807, 2.05) is 44.2 Å². The second-order valence-electron chi connectivity index (χ2n) is 6.18. The number of aromatic nitrogens is 1. The van der Waals surface area contributed by atoms with E-state index < -0.39 is 0 Å². The van der Waals surface area contributed by atoms with Crippen LogP contribution in [0.2, 0.25) is 0 Å². The van der Waals surface area contributed by atoms with E-state index in [0.29, 0.717) is 45.0 Å².